The van der Waals surface area contributed by atoms with E-state index in [1.165, 1.54) is 12.5 Å². The predicted molar refractivity (Wildman–Crippen MR) is 80.9 cm³/mol. The van der Waals surface area contributed by atoms with Crippen molar-refractivity contribution in [2.45, 2.75) is 52.2 Å². The van der Waals surface area contributed by atoms with E-state index in [4.69, 9.17) is 9.47 Å². The van der Waals surface area contributed by atoms with Gasteiger partial charge in [0, 0.05) is 19.3 Å². The molecule has 1 heterocycles. The second kappa shape index (κ2) is 7.09. The molecular weight excluding hydrogens is 284 g/mol. The molecule has 4 atom stereocenters. The molecule has 0 radical (unpaired) electrons. The number of aliphatic hydroxyl groups is 1. The molecule has 0 bridgehead atoms. The van der Waals surface area contributed by atoms with Crippen LogP contribution in [0.3, 0.4) is 0 Å². The van der Waals surface area contributed by atoms with Gasteiger partial charge in [0.1, 0.15) is 12.2 Å². The summed E-state index contributed by atoms with van der Waals surface area (Å²) < 4.78 is 10.8. The normalized spacial score (nSPS) is 32.5. The van der Waals surface area contributed by atoms with E-state index in [-0.39, 0.29) is 36.5 Å². The van der Waals surface area contributed by atoms with Gasteiger partial charge in [-0.25, -0.2) is 0 Å². The van der Waals surface area contributed by atoms with E-state index in [9.17, 15) is 14.7 Å². The predicted octanol–water partition coefficient (Wildman–Crippen LogP) is 2.14. The third-order valence-corrected chi connectivity index (χ3v) is 4.52. The molecule has 1 aliphatic heterocycles. The SMILES string of the molecule is CC(=O)O[C@H]1CC=C(C)CC[C@@H]2[C@H](C=C1CO)OC(=O)[C@@H]2C. The number of ether oxygens (including phenoxy) is 2. The van der Waals surface area contributed by atoms with Crippen molar-refractivity contribution >= 4 is 11.9 Å². The number of fused-ring (bicyclic) bond motifs is 1. The van der Waals surface area contributed by atoms with Gasteiger partial charge in [-0.3, -0.25) is 9.59 Å². The van der Waals surface area contributed by atoms with Crippen LogP contribution in [0.5, 0.6) is 0 Å². The third-order valence-electron chi connectivity index (χ3n) is 4.52. The highest BCUT2D eigenvalue weighted by molar-refractivity contribution is 5.75. The van der Waals surface area contributed by atoms with Crippen LogP contribution in [0.25, 0.3) is 0 Å². The number of aliphatic hydroxyl groups excluding tert-OH is 1. The van der Waals surface area contributed by atoms with E-state index in [0.717, 1.165) is 12.8 Å². The summed E-state index contributed by atoms with van der Waals surface area (Å²) in [5.41, 5.74) is 1.79. The van der Waals surface area contributed by atoms with Crippen LogP contribution in [-0.2, 0) is 19.1 Å². The quantitative estimate of drug-likeness (QED) is 0.625. The van der Waals surface area contributed by atoms with Gasteiger partial charge in [0.2, 0.25) is 0 Å². The van der Waals surface area contributed by atoms with Crippen molar-refractivity contribution in [3.05, 3.63) is 23.3 Å². The summed E-state index contributed by atoms with van der Waals surface area (Å²) in [5.74, 6) is -0.650. The second-order valence-electron chi connectivity index (χ2n) is 6.18. The topological polar surface area (TPSA) is 72.8 Å². The Morgan fingerprint density at radius 1 is 1.50 bits per heavy atom. The molecule has 1 N–H and O–H groups in total. The molecule has 2 aliphatic rings. The Morgan fingerprint density at radius 2 is 2.23 bits per heavy atom. The summed E-state index contributed by atoms with van der Waals surface area (Å²) in [4.78, 5) is 23.2. The minimum absolute atomic E-state index is 0.0912. The monoisotopic (exact) mass is 308 g/mol. The minimum Gasteiger partial charge on any atom is -0.458 e. The van der Waals surface area contributed by atoms with Gasteiger partial charge in [0.05, 0.1) is 12.5 Å². The van der Waals surface area contributed by atoms with Crippen LogP contribution in [0.2, 0.25) is 0 Å². The van der Waals surface area contributed by atoms with Crippen molar-refractivity contribution < 1.29 is 24.2 Å². The molecule has 1 aliphatic carbocycles. The second-order valence-corrected chi connectivity index (χ2v) is 6.18. The fraction of sp³-hybridized carbons (Fsp3) is 0.647. The van der Waals surface area contributed by atoms with Gasteiger partial charge in [0.25, 0.3) is 0 Å². The number of hydrogen-bond donors (Lipinski definition) is 1. The Balaban J connectivity index is 2.34. The first-order chi connectivity index (χ1) is 10.4. The molecule has 122 valence electrons. The van der Waals surface area contributed by atoms with Gasteiger partial charge in [-0.1, -0.05) is 18.6 Å². The number of esters is 2. The first-order valence-electron chi connectivity index (χ1n) is 7.77. The fourth-order valence-electron chi connectivity index (χ4n) is 3.11. The molecule has 0 unspecified atom stereocenters. The average molecular weight is 308 g/mol. The number of carbonyl (C=O) groups is 2. The van der Waals surface area contributed by atoms with Crippen molar-refractivity contribution in [3.63, 3.8) is 0 Å². The summed E-state index contributed by atoms with van der Waals surface area (Å²) in [6.45, 7) is 5.05. The van der Waals surface area contributed by atoms with Gasteiger partial charge >= 0.3 is 11.9 Å². The fourth-order valence-corrected chi connectivity index (χ4v) is 3.11. The highest BCUT2D eigenvalue weighted by Crippen LogP contribution is 2.35. The van der Waals surface area contributed by atoms with Crippen LogP contribution in [0.4, 0.5) is 0 Å². The van der Waals surface area contributed by atoms with Crippen molar-refractivity contribution in [1.29, 1.82) is 0 Å². The Morgan fingerprint density at radius 3 is 2.86 bits per heavy atom. The Kier molecular flexibility index (Phi) is 5.40. The minimum atomic E-state index is -0.509. The number of rotatable bonds is 2. The number of hydrogen-bond acceptors (Lipinski definition) is 5. The number of carbonyl (C=O) groups excluding carboxylic acids is 2. The maximum Gasteiger partial charge on any atom is 0.309 e. The molecule has 5 nitrogen and oxygen atoms in total. The van der Waals surface area contributed by atoms with E-state index in [0.29, 0.717) is 12.0 Å². The highest BCUT2D eigenvalue weighted by Gasteiger charge is 2.41. The summed E-state index contributed by atoms with van der Waals surface area (Å²) in [7, 11) is 0. The van der Waals surface area contributed by atoms with Gasteiger partial charge in [0.15, 0.2) is 0 Å². The summed E-state index contributed by atoms with van der Waals surface area (Å²) in [6.07, 6.45) is 5.23. The van der Waals surface area contributed by atoms with Gasteiger partial charge in [-0.05, 0) is 31.4 Å². The maximum atomic E-state index is 11.9. The molecule has 0 aromatic carbocycles. The van der Waals surface area contributed by atoms with Crippen molar-refractivity contribution in [3.8, 4) is 0 Å². The van der Waals surface area contributed by atoms with Crippen molar-refractivity contribution in [1.82, 2.24) is 0 Å². The first kappa shape index (κ1) is 16.7. The van der Waals surface area contributed by atoms with Crippen LogP contribution < -0.4 is 0 Å². The van der Waals surface area contributed by atoms with Crippen LogP contribution in [-0.4, -0.2) is 35.9 Å². The molecule has 0 spiro atoms. The van der Waals surface area contributed by atoms with Crippen molar-refractivity contribution in [2.75, 3.05) is 6.61 Å². The molecule has 1 saturated heterocycles. The molecule has 0 amide bonds. The Bertz CT molecular complexity index is 505. The van der Waals surface area contributed by atoms with Crippen LogP contribution in [0, 0.1) is 11.8 Å². The molecule has 1 fully saturated rings. The summed E-state index contributed by atoms with van der Waals surface area (Å²) >= 11 is 0. The number of allylic oxidation sites excluding steroid dienone is 1. The largest absolute Gasteiger partial charge is 0.458 e. The summed E-state index contributed by atoms with van der Waals surface area (Å²) in [6, 6.07) is 0. The Labute approximate surface area is 131 Å². The van der Waals surface area contributed by atoms with Crippen LogP contribution >= 0.6 is 0 Å². The van der Waals surface area contributed by atoms with Gasteiger partial charge < -0.3 is 14.6 Å². The molecule has 22 heavy (non-hydrogen) atoms. The highest BCUT2D eigenvalue weighted by atomic mass is 16.6. The van der Waals surface area contributed by atoms with Crippen molar-refractivity contribution in [2.24, 2.45) is 11.8 Å². The first-order valence-corrected chi connectivity index (χ1v) is 7.77. The maximum absolute atomic E-state index is 11.9. The van der Waals surface area contributed by atoms with Crippen LogP contribution in [0.15, 0.2) is 23.3 Å². The Hall–Kier alpha value is -1.62. The third kappa shape index (κ3) is 3.77. The molecular formula is C17H24O5. The molecule has 5 heteroatoms. The molecule has 0 aromatic rings. The van der Waals surface area contributed by atoms with Crippen LogP contribution in [0.1, 0.15) is 40.0 Å². The zero-order chi connectivity index (χ0) is 16.3. The van der Waals surface area contributed by atoms with E-state index in [1.54, 1.807) is 6.08 Å². The lowest BCUT2D eigenvalue weighted by atomic mass is 9.84. The van der Waals surface area contributed by atoms with Gasteiger partial charge in [-0.2, -0.15) is 0 Å². The average Bonchev–Trinajstić information content (AvgIpc) is 2.73. The lowest BCUT2D eigenvalue weighted by Crippen LogP contribution is -2.25. The van der Waals surface area contributed by atoms with E-state index in [1.807, 2.05) is 19.9 Å². The molecule has 0 aromatic heterocycles. The van der Waals surface area contributed by atoms with Gasteiger partial charge in [-0.15, -0.1) is 0 Å². The molecule has 2 rings (SSSR count). The van der Waals surface area contributed by atoms with E-state index >= 15 is 0 Å². The summed E-state index contributed by atoms with van der Waals surface area (Å²) in [5, 5.41) is 9.65. The lowest BCUT2D eigenvalue weighted by molar-refractivity contribution is -0.145. The lowest BCUT2D eigenvalue weighted by Gasteiger charge is -2.23. The smallest absolute Gasteiger partial charge is 0.309 e. The molecule has 0 saturated carbocycles. The van der Waals surface area contributed by atoms with E-state index in [2.05, 4.69) is 0 Å². The van der Waals surface area contributed by atoms with E-state index < -0.39 is 6.10 Å². The zero-order valence-electron chi connectivity index (χ0n) is 13.4. The standard InChI is InChI=1S/C17H24O5/c1-10-4-6-14-11(2)17(20)22-16(14)8-13(9-18)15(7-5-10)21-12(3)19/h5,8,11,14-16,18H,4,6-7,9H2,1-3H3/t11-,14+,15+,16+/m1/s1. The zero-order valence-corrected chi connectivity index (χ0v) is 13.4.